The van der Waals surface area contributed by atoms with Crippen LogP contribution in [0.25, 0.3) is 0 Å². The topological polar surface area (TPSA) is 53.0 Å². The first kappa shape index (κ1) is 18.5. The molecule has 1 fully saturated rings. The van der Waals surface area contributed by atoms with E-state index in [1.54, 1.807) is 11.0 Å². The molecule has 132 valence electrons. The second-order valence-corrected chi connectivity index (χ2v) is 7.19. The molecule has 1 N–H and O–H groups in total. The first-order chi connectivity index (χ1) is 11.3. The van der Waals surface area contributed by atoms with E-state index in [1.807, 2.05) is 51.1 Å². The Morgan fingerprint density at radius 2 is 2.12 bits per heavy atom. The van der Waals surface area contributed by atoms with Gasteiger partial charge < -0.3 is 14.8 Å². The predicted molar refractivity (Wildman–Crippen MR) is 93.7 cm³/mol. The summed E-state index contributed by atoms with van der Waals surface area (Å²) in [5, 5.41) is 11.8. The summed E-state index contributed by atoms with van der Waals surface area (Å²) in [4.78, 5) is 14.2. The summed E-state index contributed by atoms with van der Waals surface area (Å²) in [5.41, 5.74) is 0.477. The number of hydrogen-bond donors (Lipinski definition) is 1. The Morgan fingerprint density at radius 1 is 1.46 bits per heavy atom. The number of carbonyl (C=O) groups excluding carboxylic acids is 1. The molecule has 0 spiro atoms. The Balaban J connectivity index is 2.07. The van der Waals surface area contributed by atoms with Gasteiger partial charge in [-0.15, -0.1) is 6.58 Å². The van der Waals surface area contributed by atoms with E-state index < -0.39 is 5.60 Å². The molecule has 1 amide bonds. The van der Waals surface area contributed by atoms with Crippen LogP contribution < -0.4 is 0 Å². The average Bonchev–Trinajstić information content (AvgIpc) is 2.96. The molecule has 0 bridgehead atoms. The zero-order valence-electron chi connectivity index (χ0n) is 14.8. The van der Waals surface area contributed by atoms with E-state index >= 15 is 0 Å². The lowest BCUT2D eigenvalue weighted by atomic mass is 10.0. The average molecular weight is 332 g/mol. The summed E-state index contributed by atoms with van der Waals surface area (Å²) in [6.07, 6.45) is 3.09. The molecule has 24 heavy (non-hydrogen) atoms. The normalized spacial score (nSPS) is 19.4. The second-order valence-electron chi connectivity index (χ2n) is 7.19. The maximum Gasteiger partial charge on any atom is 0.410 e. The monoisotopic (exact) mass is 332 g/mol. The number of rotatable bonds is 5. The molecule has 0 aromatic heterocycles. The van der Waals surface area contributed by atoms with Crippen molar-refractivity contribution in [2.75, 3.05) is 6.54 Å². The Kier molecular flexibility index (Phi) is 6.02. The number of ether oxygens (including phenoxy) is 1. The molecule has 1 saturated heterocycles. The second kappa shape index (κ2) is 7.81. The fourth-order valence-corrected chi connectivity index (χ4v) is 3.05. The molecule has 1 aromatic rings. The van der Waals surface area contributed by atoms with E-state index in [2.05, 4.69) is 6.58 Å². The van der Waals surface area contributed by atoms with Crippen LogP contribution in [0.15, 0.2) is 43.0 Å². The largest absolute Gasteiger partial charge is 0.444 e. The smallest absolute Gasteiger partial charge is 0.410 e. The summed E-state index contributed by atoms with van der Waals surface area (Å²) in [6.45, 7) is 10.5. The number of nitrogens with zero attached hydrogens (tertiary/aromatic N) is 2. The Bertz CT molecular complexity index is 553. The van der Waals surface area contributed by atoms with Gasteiger partial charge in [-0.05, 0) is 39.2 Å². The third-order valence-corrected chi connectivity index (χ3v) is 4.09. The third-order valence-electron chi connectivity index (χ3n) is 4.09. The van der Waals surface area contributed by atoms with Crippen molar-refractivity contribution in [3.05, 3.63) is 48.6 Å². The van der Waals surface area contributed by atoms with Crippen molar-refractivity contribution in [1.82, 2.24) is 9.96 Å². The van der Waals surface area contributed by atoms with Crippen molar-refractivity contribution in [3.8, 4) is 0 Å². The summed E-state index contributed by atoms with van der Waals surface area (Å²) >= 11 is 0. The minimum absolute atomic E-state index is 0.133. The van der Waals surface area contributed by atoms with Gasteiger partial charge in [-0.3, -0.25) is 0 Å². The highest BCUT2D eigenvalue weighted by molar-refractivity contribution is 5.69. The molecule has 5 nitrogen and oxygen atoms in total. The molecular weight excluding hydrogens is 304 g/mol. The molecule has 1 aliphatic heterocycles. The number of amides is 1. The van der Waals surface area contributed by atoms with Crippen LogP contribution in [0.4, 0.5) is 4.79 Å². The quantitative estimate of drug-likeness (QED) is 0.658. The fourth-order valence-electron chi connectivity index (χ4n) is 3.05. The summed E-state index contributed by atoms with van der Waals surface area (Å²) in [5.74, 6) is 0. The Morgan fingerprint density at radius 3 is 2.71 bits per heavy atom. The van der Waals surface area contributed by atoms with Gasteiger partial charge in [0.15, 0.2) is 0 Å². The number of hydroxylamine groups is 2. The van der Waals surface area contributed by atoms with Crippen LogP contribution in [0.1, 0.15) is 39.2 Å². The van der Waals surface area contributed by atoms with Crippen LogP contribution in [0, 0.1) is 0 Å². The van der Waals surface area contributed by atoms with Crippen LogP contribution in [0.5, 0.6) is 0 Å². The molecule has 0 aliphatic carbocycles. The zero-order chi connectivity index (χ0) is 17.7. The van der Waals surface area contributed by atoms with E-state index in [0.29, 0.717) is 13.1 Å². The van der Waals surface area contributed by atoms with Gasteiger partial charge in [-0.25, -0.2) is 4.79 Å². The van der Waals surface area contributed by atoms with Crippen molar-refractivity contribution >= 4 is 6.09 Å². The molecule has 2 rings (SSSR count). The summed E-state index contributed by atoms with van der Waals surface area (Å²) in [7, 11) is 0. The lowest BCUT2D eigenvalue weighted by molar-refractivity contribution is -0.136. The predicted octanol–water partition coefficient (Wildman–Crippen LogP) is 3.83. The van der Waals surface area contributed by atoms with Crippen LogP contribution in [-0.4, -0.2) is 45.5 Å². The number of benzene rings is 1. The Hall–Kier alpha value is -1.85. The van der Waals surface area contributed by atoms with Gasteiger partial charge in [0.05, 0.1) is 12.1 Å². The van der Waals surface area contributed by atoms with Crippen molar-refractivity contribution in [3.63, 3.8) is 0 Å². The molecule has 1 aromatic carbocycles. The van der Waals surface area contributed by atoms with Gasteiger partial charge in [0, 0.05) is 13.1 Å². The van der Waals surface area contributed by atoms with Gasteiger partial charge in [0.25, 0.3) is 0 Å². The van der Waals surface area contributed by atoms with Crippen LogP contribution in [-0.2, 0) is 11.3 Å². The molecule has 1 aliphatic rings. The van der Waals surface area contributed by atoms with Crippen LogP contribution in [0.2, 0.25) is 0 Å². The zero-order valence-corrected chi connectivity index (χ0v) is 14.8. The van der Waals surface area contributed by atoms with Gasteiger partial charge in [-0.1, -0.05) is 36.4 Å². The van der Waals surface area contributed by atoms with E-state index in [1.165, 1.54) is 5.06 Å². The van der Waals surface area contributed by atoms with Crippen molar-refractivity contribution in [2.45, 2.75) is 57.8 Å². The minimum atomic E-state index is -0.531. The van der Waals surface area contributed by atoms with E-state index in [0.717, 1.165) is 18.4 Å². The van der Waals surface area contributed by atoms with Crippen LogP contribution in [0.3, 0.4) is 0 Å². The number of carbonyl (C=O) groups is 1. The molecule has 0 radical (unpaired) electrons. The van der Waals surface area contributed by atoms with Gasteiger partial charge in [-0.2, -0.15) is 5.06 Å². The van der Waals surface area contributed by atoms with Gasteiger partial charge in [0.1, 0.15) is 5.60 Å². The van der Waals surface area contributed by atoms with Gasteiger partial charge >= 0.3 is 6.09 Å². The number of hydrogen-bond acceptors (Lipinski definition) is 4. The first-order valence-electron chi connectivity index (χ1n) is 8.43. The Labute approximate surface area is 144 Å². The highest BCUT2D eigenvalue weighted by Gasteiger charge is 2.38. The lowest BCUT2D eigenvalue weighted by Crippen LogP contribution is -2.49. The standard InChI is InChI=1S/C19H28N2O3/c1-5-16(21(23)14-15-10-7-6-8-11-15)17-12-9-13-20(17)18(22)24-19(2,3)4/h5-8,10-11,16-17,23H,1,9,12-14H2,2-4H3/t16-,17+/m1/s1. The molecule has 5 heteroatoms. The van der Waals surface area contributed by atoms with E-state index in [9.17, 15) is 10.0 Å². The molecule has 0 saturated carbocycles. The molecular formula is C19H28N2O3. The lowest BCUT2D eigenvalue weighted by Gasteiger charge is -2.35. The SMILES string of the molecule is C=C[C@H]([C@@H]1CCCN1C(=O)OC(C)(C)C)N(O)Cc1ccccc1. The molecule has 0 unspecified atom stereocenters. The van der Waals surface area contributed by atoms with E-state index in [-0.39, 0.29) is 18.2 Å². The molecule has 2 atom stereocenters. The van der Waals surface area contributed by atoms with E-state index in [4.69, 9.17) is 4.74 Å². The van der Waals surface area contributed by atoms with Crippen LogP contribution >= 0.6 is 0 Å². The summed E-state index contributed by atoms with van der Waals surface area (Å²) < 4.78 is 5.50. The minimum Gasteiger partial charge on any atom is -0.444 e. The maximum absolute atomic E-state index is 12.4. The first-order valence-corrected chi connectivity index (χ1v) is 8.43. The molecule has 1 heterocycles. The maximum atomic E-state index is 12.4. The highest BCUT2D eigenvalue weighted by atomic mass is 16.6. The van der Waals surface area contributed by atoms with Crippen molar-refractivity contribution in [1.29, 1.82) is 0 Å². The van der Waals surface area contributed by atoms with Crippen molar-refractivity contribution in [2.24, 2.45) is 0 Å². The fraction of sp³-hybridized carbons (Fsp3) is 0.526. The van der Waals surface area contributed by atoms with Crippen molar-refractivity contribution < 1.29 is 14.7 Å². The summed E-state index contributed by atoms with van der Waals surface area (Å²) in [6, 6.07) is 9.28. The number of likely N-dealkylation sites (tertiary alicyclic amines) is 1. The van der Waals surface area contributed by atoms with Gasteiger partial charge in [0.2, 0.25) is 0 Å². The third kappa shape index (κ3) is 4.82. The highest BCUT2D eigenvalue weighted by Crippen LogP contribution is 2.26.